The molecule has 2 rings (SSSR count). The van der Waals surface area contributed by atoms with Gasteiger partial charge in [0.15, 0.2) is 0 Å². The molecule has 1 fully saturated rings. The first-order valence-corrected chi connectivity index (χ1v) is 5.68. The van der Waals surface area contributed by atoms with Crippen LogP contribution in [0, 0.1) is 11.7 Å². The molecule has 0 bridgehead atoms. The van der Waals surface area contributed by atoms with Crippen LogP contribution in [0.4, 0.5) is 4.39 Å². The van der Waals surface area contributed by atoms with E-state index >= 15 is 0 Å². The molecule has 0 saturated heterocycles. The van der Waals surface area contributed by atoms with Crippen LogP contribution in [0.1, 0.15) is 18.4 Å². The van der Waals surface area contributed by atoms with Crippen molar-refractivity contribution in [1.29, 1.82) is 0 Å². The van der Waals surface area contributed by atoms with Crippen LogP contribution in [0.2, 0.25) is 0 Å². The lowest BCUT2D eigenvalue weighted by Gasteiger charge is -2.05. The lowest BCUT2D eigenvalue weighted by Crippen LogP contribution is -2.24. The molecular weight excluding hydrogens is 261 g/mol. The molecule has 0 radical (unpaired) electrons. The van der Waals surface area contributed by atoms with E-state index in [0.29, 0.717) is 10.0 Å². The number of benzene rings is 1. The molecule has 1 N–H and O–H groups in total. The molecule has 1 saturated carbocycles. The van der Waals surface area contributed by atoms with E-state index in [1.54, 1.807) is 12.1 Å². The predicted octanol–water partition coefficient (Wildman–Crippen LogP) is 2.61. The lowest BCUT2D eigenvalue weighted by molar-refractivity contribution is -0.122. The Morgan fingerprint density at radius 2 is 2.27 bits per heavy atom. The highest BCUT2D eigenvalue weighted by molar-refractivity contribution is 9.10. The lowest BCUT2D eigenvalue weighted by atomic mass is 10.2. The molecule has 0 unspecified atom stereocenters. The number of amides is 1. The average molecular weight is 272 g/mol. The van der Waals surface area contributed by atoms with Crippen molar-refractivity contribution in [3.8, 4) is 0 Å². The maximum Gasteiger partial charge on any atom is 0.223 e. The Bertz CT molecular complexity index is 390. The van der Waals surface area contributed by atoms with Crippen LogP contribution in [-0.2, 0) is 11.3 Å². The predicted molar refractivity (Wildman–Crippen MR) is 58.7 cm³/mol. The van der Waals surface area contributed by atoms with Crippen molar-refractivity contribution in [3.05, 3.63) is 34.1 Å². The van der Waals surface area contributed by atoms with Gasteiger partial charge in [-0.1, -0.05) is 22.0 Å². The number of carbonyl (C=O) groups is 1. The van der Waals surface area contributed by atoms with E-state index in [4.69, 9.17) is 0 Å². The molecule has 80 valence electrons. The monoisotopic (exact) mass is 271 g/mol. The fourth-order valence-corrected chi connectivity index (χ4v) is 1.67. The van der Waals surface area contributed by atoms with Crippen molar-refractivity contribution in [2.24, 2.45) is 5.92 Å². The number of carbonyl (C=O) groups excluding carboxylic acids is 1. The van der Waals surface area contributed by atoms with Crippen molar-refractivity contribution >= 4 is 21.8 Å². The van der Waals surface area contributed by atoms with Gasteiger partial charge in [0, 0.05) is 22.5 Å². The molecule has 4 heteroatoms. The zero-order valence-corrected chi connectivity index (χ0v) is 9.68. The number of nitrogens with one attached hydrogen (secondary N) is 1. The summed E-state index contributed by atoms with van der Waals surface area (Å²) in [5, 5.41) is 2.73. The van der Waals surface area contributed by atoms with Crippen molar-refractivity contribution in [2.75, 3.05) is 0 Å². The van der Waals surface area contributed by atoms with Crippen LogP contribution in [0.3, 0.4) is 0 Å². The maximum absolute atomic E-state index is 13.3. The summed E-state index contributed by atoms with van der Waals surface area (Å²) in [6.07, 6.45) is 1.93. The largest absolute Gasteiger partial charge is 0.352 e. The van der Waals surface area contributed by atoms with Gasteiger partial charge in [-0.25, -0.2) is 4.39 Å². The van der Waals surface area contributed by atoms with Crippen molar-refractivity contribution < 1.29 is 9.18 Å². The van der Waals surface area contributed by atoms with Crippen LogP contribution in [0.5, 0.6) is 0 Å². The van der Waals surface area contributed by atoms with E-state index < -0.39 is 0 Å². The Balaban J connectivity index is 1.95. The zero-order chi connectivity index (χ0) is 10.8. The summed E-state index contributed by atoms with van der Waals surface area (Å²) in [7, 11) is 0. The minimum absolute atomic E-state index is 0.0392. The Hall–Kier alpha value is -0.900. The summed E-state index contributed by atoms with van der Waals surface area (Å²) in [5.41, 5.74) is 0.521. The molecule has 2 nitrogen and oxygen atoms in total. The Morgan fingerprint density at radius 1 is 1.53 bits per heavy atom. The minimum Gasteiger partial charge on any atom is -0.352 e. The van der Waals surface area contributed by atoms with Gasteiger partial charge in [-0.3, -0.25) is 4.79 Å². The Labute approximate surface area is 96.0 Å². The van der Waals surface area contributed by atoms with Crippen LogP contribution >= 0.6 is 15.9 Å². The van der Waals surface area contributed by atoms with Gasteiger partial charge in [0.2, 0.25) is 5.91 Å². The Kier molecular flexibility index (Phi) is 3.05. The molecule has 1 aliphatic rings. The number of rotatable bonds is 3. The molecule has 15 heavy (non-hydrogen) atoms. The Morgan fingerprint density at radius 3 is 2.87 bits per heavy atom. The van der Waals surface area contributed by atoms with Gasteiger partial charge in [-0.15, -0.1) is 0 Å². The van der Waals surface area contributed by atoms with E-state index in [2.05, 4.69) is 21.2 Å². The summed E-state index contributed by atoms with van der Waals surface area (Å²) >= 11 is 3.18. The molecule has 0 heterocycles. The SMILES string of the molecule is O=C(NCc1ccc(Br)cc1F)C1CC1. The van der Waals surface area contributed by atoms with Crippen molar-refractivity contribution in [2.45, 2.75) is 19.4 Å². The summed E-state index contributed by atoms with van der Waals surface area (Å²) in [6, 6.07) is 4.84. The van der Waals surface area contributed by atoms with Crippen molar-refractivity contribution in [3.63, 3.8) is 0 Å². The molecule has 1 aromatic carbocycles. The van der Waals surface area contributed by atoms with E-state index in [9.17, 15) is 9.18 Å². The van der Waals surface area contributed by atoms with E-state index in [1.165, 1.54) is 6.07 Å². The van der Waals surface area contributed by atoms with Gasteiger partial charge < -0.3 is 5.32 Å². The molecule has 0 aliphatic heterocycles. The second kappa shape index (κ2) is 4.31. The van der Waals surface area contributed by atoms with Gasteiger partial charge in [0.05, 0.1) is 0 Å². The third-order valence-corrected chi connectivity index (χ3v) is 2.91. The highest BCUT2D eigenvalue weighted by atomic mass is 79.9. The molecular formula is C11H11BrFNO. The highest BCUT2D eigenvalue weighted by Gasteiger charge is 2.29. The average Bonchev–Trinajstić information content (AvgIpc) is 2.99. The summed E-state index contributed by atoms with van der Waals surface area (Å²) < 4.78 is 14.0. The van der Waals surface area contributed by atoms with Crippen LogP contribution < -0.4 is 5.32 Å². The topological polar surface area (TPSA) is 29.1 Å². The molecule has 0 aromatic heterocycles. The zero-order valence-electron chi connectivity index (χ0n) is 8.09. The summed E-state index contributed by atoms with van der Waals surface area (Å²) in [6.45, 7) is 0.272. The normalized spacial score (nSPS) is 15.1. The fourth-order valence-electron chi connectivity index (χ4n) is 1.34. The van der Waals surface area contributed by atoms with Gasteiger partial charge in [-0.2, -0.15) is 0 Å². The highest BCUT2D eigenvalue weighted by Crippen LogP contribution is 2.28. The fraction of sp³-hybridized carbons (Fsp3) is 0.364. The number of halogens is 2. The standard InChI is InChI=1S/C11H11BrFNO/c12-9-4-3-8(10(13)5-9)6-14-11(15)7-1-2-7/h3-5,7H,1-2,6H2,(H,14,15). The van der Waals surface area contributed by atoms with Gasteiger partial charge in [0.25, 0.3) is 0 Å². The third kappa shape index (κ3) is 2.78. The van der Waals surface area contributed by atoms with Crippen LogP contribution in [-0.4, -0.2) is 5.91 Å². The summed E-state index contributed by atoms with van der Waals surface area (Å²) in [4.78, 5) is 11.3. The quantitative estimate of drug-likeness (QED) is 0.900. The maximum atomic E-state index is 13.3. The smallest absolute Gasteiger partial charge is 0.223 e. The van der Waals surface area contributed by atoms with Gasteiger partial charge in [0.1, 0.15) is 5.82 Å². The van der Waals surface area contributed by atoms with Crippen molar-refractivity contribution in [1.82, 2.24) is 5.32 Å². The first-order chi connectivity index (χ1) is 7.16. The van der Waals surface area contributed by atoms with E-state index in [0.717, 1.165) is 12.8 Å². The molecule has 1 aliphatic carbocycles. The third-order valence-electron chi connectivity index (χ3n) is 2.42. The summed E-state index contributed by atoms with van der Waals surface area (Å²) in [5.74, 6) is -0.0821. The first kappa shape index (κ1) is 10.6. The molecule has 0 atom stereocenters. The molecule has 1 amide bonds. The number of hydrogen-bond donors (Lipinski definition) is 1. The van der Waals surface area contributed by atoms with Gasteiger partial charge >= 0.3 is 0 Å². The second-order valence-corrected chi connectivity index (χ2v) is 4.64. The van der Waals surface area contributed by atoms with Crippen LogP contribution in [0.25, 0.3) is 0 Å². The van der Waals surface area contributed by atoms with E-state index in [1.807, 2.05) is 0 Å². The minimum atomic E-state index is -0.291. The van der Waals surface area contributed by atoms with E-state index in [-0.39, 0.29) is 24.2 Å². The van der Waals surface area contributed by atoms with Gasteiger partial charge in [-0.05, 0) is 25.0 Å². The molecule has 1 aromatic rings. The van der Waals surface area contributed by atoms with Crippen LogP contribution in [0.15, 0.2) is 22.7 Å². The first-order valence-electron chi connectivity index (χ1n) is 4.88. The number of hydrogen-bond acceptors (Lipinski definition) is 1. The second-order valence-electron chi connectivity index (χ2n) is 3.73. The molecule has 0 spiro atoms.